The molecule has 0 spiro atoms. The Bertz CT molecular complexity index is 637. The molecule has 0 radical (unpaired) electrons. The Hall–Kier alpha value is -1.70. The molecule has 1 aliphatic rings. The quantitative estimate of drug-likeness (QED) is 0.699. The lowest BCUT2D eigenvalue weighted by atomic mass is 10.0. The number of nitrogens with one attached hydrogen (secondary N) is 1. The fourth-order valence-electron chi connectivity index (χ4n) is 1.70. The number of benzene rings is 1. The van der Waals surface area contributed by atoms with Crippen molar-refractivity contribution in [2.45, 2.75) is 10.0 Å². The van der Waals surface area contributed by atoms with Gasteiger partial charge in [0.25, 0.3) is 5.91 Å². The molecule has 0 saturated carbocycles. The summed E-state index contributed by atoms with van der Waals surface area (Å²) in [7, 11) is 0. The summed E-state index contributed by atoms with van der Waals surface area (Å²) < 4.78 is 3.16. The Morgan fingerprint density at radius 3 is 2.29 bits per heavy atom. The van der Waals surface area contributed by atoms with E-state index in [1.54, 1.807) is 0 Å². The Morgan fingerprint density at radius 1 is 1.19 bits per heavy atom. The van der Waals surface area contributed by atoms with Gasteiger partial charge in [-0.1, -0.05) is 34.8 Å². The summed E-state index contributed by atoms with van der Waals surface area (Å²) in [6, 6.07) is 1.84. The van der Waals surface area contributed by atoms with E-state index >= 15 is 0 Å². The molecule has 1 aromatic rings. The van der Waals surface area contributed by atoms with Crippen molar-refractivity contribution in [2.75, 3.05) is 0 Å². The van der Waals surface area contributed by atoms with Gasteiger partial charge in [-0.2, -0.15) is 0 Å². The minimum atomic E-state index is -2.03. The Balaban J connectivity index is 2.63. The summed E-state index contributed by atoms with van der Waals surface area (Å²) >= 11 is 16.8. The molecule has 112 valence electrons. The van der Waals surface area contributed by atoms with Gasteiger partial charge in [-0.25, -0.2) is 9.59 Å². The highest BCUT2D eigenvalue weighted by atomic mass is 35.6. The topological polar surface area (TPSA) is 113 Å². The summed E-state index contributed by atoms with van der Waals surface area (Å²) in [6.45, 7) is 0. The number of carboxylic acids is 2. The standard InChI is InChI=1S/C11H6Cl3NO6/c12-11(13,14)10-15-7(16)4-1-3(8(17)18)2-5(9(19)20)6(4)21-10/h1-2,10H,(H,15,16)(H,17,18)(H,19,20). The number of fused-ring (bicyclic) bond motifs is 1. The van der Waals surface area contributed by atoms with E-state index in [0.29, 0.717) is 0 Å². The smallest absolute Gasteiger partial charge is 0.339 e. The van der Waals surface area contributed by atoms with E-state index in [0.717, 1.165) is 12.1 Å². The molecule has 1 atom stereocenters. The number of hydrogen-bond donors (Lipinski definition) is 3. The summed E-state index contributed by atoms with van der Waals surface area (Å²) in [5, 5.41) is 20.3. The largest absolute Gasteiger partial charge is 0.478 e. The third-order valence-corrected chi connectivity index (χ3v) is 3.20. The lowest BCUT2D eigenvalue weighted by molar-refractivity contribution is 0.0672. The zero-order chi connectivity index (χ0) is 15.9. The molecule has 1 amide bonds. The van der Waals surface area contributed by atoms with Crippen LogP contribution in [0.1, 0.15) is 31.1 Å². The maximum Gasteiger partial charge on any atom is 0.339 e. The first-order valence-electron chi connectivity index (χ1n) is 5.30. The zero-order valence-corrected chi connectivity index (χ0v) is 12.2. The van der Waals surface area contributed by atoms with Gasteiger partial charge in [-0.3, -0.25) is 4.79 Å². The van der Waals surface area contributed by atoms with E-state index in [2.05, 4.69) is 5.32 Å². The molecule has 1 aromatic carbocycles. The number of amides is 1. The molecule has 0 aromatic heterocycles. The minimum absolute atomic E-state index is 0.266. The van der Waals surface area contributed by atoms with Crippen LogP contribution in [0.3, 0.4) is 0 Å². The fourth-order valence-corrected chi connectivity index (χ4v) is 2.00. The van der Waals surface area contributed by atoms with Crippen molar-refractivity contribution in [2.24, 2.45) is 0 Å². The summed E-state index contributed by atoms with van der Waals surface area (Å²) in [5.74, 6) is -4.03. The summed E-state index contributed by atoms with van der Waals surface area (Å²) in [6.07, 6.45) is -1.41. The van der Waals surface area contributed by atoms with Crippen molar-refractivity contribution in [3.8, 4) is 5.75 Å². The van der Waals surface area contributed by atoms with Crippen LogP contribution in [0.4, 0.5) is 0 Å². The van der Waals surface area contributed by atoms with Crippen molar-refractivity contribution >= 4 is 52.6 Å². The second kappa shape index (κ2) is 5.25. The van der Waals surface area contributed by atoms with Crippen LogP contribution in [0, 0.1) is 0 Å². The third kappa shape index (κ3) is 2.99. The SMILES string of the molecule is O=C(O)c1cc(C(=O)O)c2c(c1)C(=O)NC(C(Cl)(Cl)Cl)O2. The average Bonchev–Trinajstić information content (AvgIpc) is 2.36. The lowest BCUT2D eigenvalue weighted by Crippen LogP contribution is -2.51. The number of ether oxygens (including phenoxy) is 1. The Morgan fingerprint density at radius 2 is 1.81 bits per heavy atom. The molecule has 7 nitrogen and oxygen atoms in total. The molecule has 0 saturated heterocycles. The fraction of sp³-hybridized carbons (Fsp3) is 0.182. The van der Waals surface area contributed by atoms with Crippen LogP contribution >= 0.6 is 34.8 Å². The lowest BCUT2D eigenvalue weighted by Gasteiger charge is -2.31. The molecule has 1 unspecified atom stereocenters. The molecular formula is C11H6Cl3NO6. The van der Waals surface area contributed by atoms with Crippen LogP contribution in [0.5, 0.6) is 5.75 Å². The predicted octanol–water partition coefficient (Wildman–Crippen LogP) is 1.90. The number of halogens is 3. The highest BCUT2D eigenvalue weighted by Gasteiger charge is 2.41. The normalized spacial score (nSPS) is 17.5. The van der Waals surface area contributed by atoms with E-state index in [1.165, 1.54) is 0 Å². The van der Waals surface area contributed by atoms with Crippen LogP contribution in [-0.4, -0.2) is 38.1 Å². The molecule has 0 bridgehead atoms. The molecule has 2 rings (SSSR count). The van der Waals surface area contributed by atoms with Gasteiger partial charge in [0.15, 0.2) is 0 Å². The van der Waals surface area contributed by atoms with Crippen LogP contribution in [0.15, 0.2) is 12.1 Å². The number of alkyl halides is 3. The first kappa shape index (κ1) is 15.7. The molecule has 1 aliphatic heterocycles. The summed E-state index contributed by atoms with van der Waals surface area (Å²) in [4.78, 5) is 34.1. The van der Waals surface area contributed by atoms with Crippen molar-refractivity contribution in [1.82, 2.24) is 5.32 Å². The highest BCUT2D eigenvalue weighted by Crippen LogP contribution is 2.37. The van der Waals surface area contributed by atoms with Crippen LogP contribution in [0.25, 0.3) is 0 Å². The van der Waals surface area contributed by atoms with E-state index in [9.17, 15) is 14.4 Å². The molecule has 0 fully saturated rings. The van der Waals surface area contributed by atoms with Crippen molar-refractivity contribution in [3.63, 3.8) is 0 Å². The molecular weight excluding hydrogens is 348 g/mol. The minimum Gasteiger partial charge on any atom is -0.478 e. The monoisotopic (exact) mass is 353 g/mol. The highest BCUT2D eigenvalue weighted by molar-refractivity contribution is 6.68. The molecule has 21 heavy (non-hydrogen) atoms. The average molecular weight is 355 g/mol. The summed E-state index contributed by atoms with van der Waals surface area (Å²) in [5.41, 5.74) is -1.16. The van der Waals surface area contributed by atoms with Gasteiger partial charge in [0.1, 0.15) is 11.3 Å². The number of carboxylic acid groups (broad SMARTS) is 2. The predicted molar refractivity (Wildman–Crippen MR) is 72.5 cm³/mol. The Kier molecular flexibility index (Phi) is 3.92. The van der Waals surface area contributed by atoms with E-state index in [1.807, 2.05) is 0 Å². The van der Waals surface area contributed by atoms with Crippen LogP contribution < -0.4 is 10.1 Å². The maximum absolute atomic E-state index is 11.9. The second-order valence-electron chi connectivity index (χ2n) is 4.02. The molecule has 0 aliphatic carbocycles. The number of rotatable bonds is 2. The zero-order valence-electron chi connectivity index (χ0n) is 9.89. The van der Waals surface area contributed by atoms with Crippen molar-refractivity contribution in [1.29, 1.82) is 0 Å². The molecule has 3 N–H and O–H groups in total. The van der Waals surface area contributed by atoms with Gasteiger partial charge in [-0.05, 0) is 12.1 Å². The van der Waals surface area contributed by atoms with Crippen molar-refractivity contribution in [3.05, 3.63) is 28.8 Å². The maximum atomic E-state index is 11.9. The number of carbonyl (C=O) groups excluding carboxylic acids is 1. The van der Waals surface area contributed by atoms with Crippen LogP contribution in [-0.2, 0) is 0 Å². The van der Waals surface area contributed by atoms with E-state index < -0.39 is 33.4 Å². The number of aromatic carboxylic acids is 2. The molecule has 1 heterocycles. The first-order valence-corrected chi connectivity index (χ1v) is 6.43. The second-order valence-corrected chi connectivity index (χ2v) is 6.39. The van der Waals surface area contributed by atoms with Crippen LogP contribution in [0.2, 0.25) is 0 Å². The van der Waals surface area contributed by atoms with Gasteiger partial charge >= 0.3 is 11.9 Å². The van der Waals surface area contributed by atoms with Gasteiger partial charge in [0.05, 0.1) is 11.1 Å². The van der Waals surface area contributed by atoms with Gasteiger partial charge in [0.2, 0.25) is 10.0 Å². The number of carbonyl (C=O) groups is 3. The van der Waals surface area contributed by atoms with Gasteiger partial charge in [-0.15, -0.1) is 0 Å². The molecule has 10 heteroatoms. The number of hydrogen-bond acceptors (Lipinski definition) is 4. The van der Waals surface area contributed by atoms with Crippen molar-refractivity contribution < 1.29 is 29.3 Å². The van der Waals surface area contributed by atoms with Gasteiger partial charge in [0, 0.05) is 0 Å². The van der Waals surface area contributed by atoms with Gasteiger partial charge < -0.3 is 20.3 Å². The first-order chi connectivity index (χ1) is 9.61. The third-order valence-electron chi connectivity index (χ3n) is 2.61. The Labute approximate surface area is 132 Å². The van der Waals surface area contributed by atoms with E-state index in [-0.39, 0.29) is 16.9 Å². The van der Waals surface area contributed by atoms with E-state index in [4.69, 9.17) is 49.8 Å².